The van der Waals surface area contributed by atoms with E-state index in [-0.39, 0.29) is 12.1 Å². The summed E-state index contributed by atoms with van der Waals surface area (Å²) in [5.41, 5.74) is 1.74. The molecule has 1 aliphatic heterocycles. The summed E-state index contributed by atoms with van der Waals surface area (Å²) < 4.78 is 0. The molecule has 2 rings (SSSR count). The summed E-state index contributed by atoms with van der Waals surface area (Å²) in [7, 11) is 1.81. The molecule has 2 N–H and O–H groups in total. The number of rotatable bonds is 5. The summed E-state index contributed by atoms with van der Waals surface area (Å²) in [6, 6.07) is 7.84. The molecule has 0 aliphatic carbocycles. The Morgan fingerprint density at radius 1 is 1.25 bits per heavy atom. The van der Waals surface area contributed by atoms with Gasteiger partial charge in [0, 0.05) is 31.4 Å². The number of nitrogens with one attached hydrogen (secondary N) is 1. The molecule has 5 nitrogen and oxygen atoms in total. The van der Waals surface area contributed by atoms with Crippen molar-refractivity contribution in [1.82, 2.24) is 10.2 Å². The highest BCUT2D eigenvalue weighted by molar-refractivity contribution is 5.94. The molecule has 0 bridgehead atoms. The van der Waals surface area contributed by atoms with Crippen molar-refractivity contribution in [2.45, 2.75) is 26.0 Å². The fraction of sp³-hybridized carbons (Fsp3) is 0.533. The van der Waals surface area contributed by atoms with Gasteiger partial charge in [-0.1, -0.05) is 12.1 Å². The third-order valence-electron chi connectivity index (χ3n) is 3.65. The minimum absolute atomic E-state index is 0.0588. The summed E-state index contributed by atoms with van der Waals surface area (Å²) in [6.07, 6.45) is -0.518. The molecule has 1 heterocycles. The normalized spacial score (nSPS) is 17.1. The number of benzene rings is 1. The molecule has 1 aromatic carbocycles. The van der Waals surface area contributed by atoms with Gasteiger partial charge in [-0.15, -0.1) is 0 Å². The molecule has 0 aromatic heterocycles. The number of aliphatic hydroxyl groups excluding tert-OH is 1. The molecule has 20 heavy (non-hydrogen) atoms. The van der Waals surface area contributed by atoms with Gasteiger partial charge in [0.1, 0.15) is 0 Å². The molecule has 110 valence electrons. The predicted molar refractivity (Wildman–Crippen MR) is 79.9 cm³/mol. The number of hydrogen-bond acceptors (Lipinski definition) is 3. The molecule has 1 aromatic rings. The van der Waals surface area contributed by atoms with E-state index in [2.05, 4.69) is 5.32 Å². The number of likely N-dealkylation sites (N-methyl/N-ethyl adjacent to an activating group) is 1. The highest BCUT2D eigenvalue weighted by Gasteiger charge is 2.30. The Labute approximate surface area is 120 Å². The first-order valence-corrected chi connectivity index (χ1v) is 7.05. The van der Waals surface area contributed by atoms with Crippen LogP contribution in [0.5, 0.6) is 0 Å². The maximum absolute atomic E-state index is 12.3. The Balaban J connectivity index is 2.09. The van der Waals surface area contributed by atoms with E-state index >= 15 is 0 Å². The molecule has 1 fully saturated rings. The molecule has 0 spiro atoms. The van der Waals surface area contributed by atoms with Gasteiger partial charge in [0.15, 0.2) is 0 Å². The number of carbonyl (C=O) groups is 1. The van der Waals surface area contributed by atoms with E-state index in [0.29, 0.717) is 6.54 Å². The lowest BCUT2D eigenvalue weighted by Gasteiger charge is -2.22. The third-order valence-corrected chi connectivity index (χ3v) is 3.65. The molecule has 2 amide bonds. The maximum Gasteiger partial charge on any atom is 0.324 e. The Morgan fingerprint density at radius 3 is 2.40 bits per heavy atom. The lowest BCUT2D eigenvalue weighted by atomic mass is 10.1. The topological polar surface area (TPSA) is 55.8 Å². The van der Waals surface area contributed by atoms with Crippen molar-refractivity contribution in [1.29, 1.82) is 0 Å². The third kappa shape index (κ3) is 2.94. The smallest absolute Gasteiger partial charge is 0.324 e. The number of hydrogen-bond donors (Lipinski definition) is 2. The zero-order valence-corrected chi connectivity index (χ0v) is 12.3. The van der Waals surface area contributed by atoms with Crippen LogP contribution in [0.1, 0.15) is 25.5 Å². The fourth-order valence-electron chi connectivity index (χ4n) is 2.46. The van der Waals surface area contributed by atoms with Crippen molar-refractivity contribution in [3.05, 3.63) is 29.8 Å². The van der Waals surface area contributed by atoms with Gasteiger partial charge in [0.2, 0.25) is 0 Å². The van der Waals surface area contributed by atoms with E-state index in [0.717, 1.165) is 24.3 Å². The van der Waals surface area contributed by atoms with Crippen molar-refractivity contribution in [2.75, 3.05) is 31.6 Å². The quantitative estimate of drug-likeness (QED) is 0.859. The van der Waals surface area contributed by atoms with Crippen LogP contribution in [-0.2, 0) is 0 Å². The van der Waals surface area contributed by atoms with E-state index in [1.165, 1.54) is 0 Å². The van der Waals surface area contributed by atoms with Crippen molar-refractivity contribution in [3.63, 3.8) is 0 Å². The van der Waals surface area contributed by atoms with E-state index in [1.54, 1.807) is 11.9 Å². The van der Waals surface area contributed by atoms with Crippen molar-refractivity contribution in [3.8, 4) is 0 Å². The van der Waals surface area contributed by atoms with Crippen molar-refractivity contribution >= 4 is 11.7 Å². The van der Waals surface area contributed by atoms with Gasteiger partial charge in [-0.05, 0) is 38.6 Å². The van der Waals surface area contributed by atoms with Crippen LogP contribution in [0.4, 0.5) is 10.5 Å². The van der Waals surface area contributed by atoms with Crippen LogP contribution in [0.15, 0.2) is 24.3 Å². The van der Waals surface area contributed by atoms with Crippen molar-refractivity contribution in [2.24, 2.45) is 0 Å². The Hall–Kier alpha value is -1.59. The minimum atomic E-state index is -0.518. The minimum Gasteiger partial charge on any atom is -0.387 e. The van der Waals surface area contributed by atoms with Gasteiger partial charge < -0.3 is 15.3 Å². The first kappa shape index (κ1) is 14.8. The Kier molecular flexibility index (Phi) is 4.62. The molecular formula is C15H23N3O2. The summed E-state index contributed by atoms with van der Waals surface area (Å²) in [5.74, 6) is 0. The van der Waals surface area contributed by atoms with Crippen molar-refractivity contribution < 1.29 is 9.90 Å². The van der Waals surface area contributed by atoms with Gasteiger partial charge in [-0.25, -0.2) is 4.79 Å². The zero-order chi connectivity index (χ0) is 14.7. The first-order chi connectivity index (χ1) is 9.54. The van der Waals surface area contributed by atoms with Crippen LogP contribution in [0.25, 0.3) is 0 Å². The predicted octanol–water partition coefficient (Wildman–Crippen LogP) is 1.59. The second kappa shape index (κ2) is 6.24. The summed E-state index contributed by atoms with van der Waals surface area (Å²) in [6.45, 7) is 6.05. The molecular weight excluding hydrogens is 254 g/mol. The highest BCUT2D eigenvalue weighted by Crippen LogP contribution is 2.23. The Bertz CT molecular complexity index is 459. The lowest BCUT2D eigenvalue weighted by Crippen LogP contribution is -2.36. The largest absolute Gasteiger partial charge is 0.387 e. The summed E-state index contributed by atoms with van der Waals surface area (Å²) in [5, 5.41) is 12.8. The van der Waals surface area contributed by atoms with Gasteiger partial charge in [0.25, 0.3) is 0 Å². The molecule has 5 heteroatoms. The van der Waals surface area contributed by atoms with Crippen LogP contribution in [0.3, 0.4) is 0 Å². The SMILES string of the molecule is CNCC(O)c1ccc(N2CCN(C(C)C)C2=O)cc1. The van der Waals surface area contributed by atoms with Crippen LogP contribution in [-0.4, -0.2) is 48.8 Å². The second-order valence-electron chi connectivity index (χ2n) is 5.39. The Morgan fingerprint density at radius 2 is 1.90 bits per heavy atom. The zero-order valence-electron chi connectivity index (χ0n) is 12.3. The number of carbonyl (C=O) groups excluding carboxylic acids is 1. The lowest BCUT2D eigenvalue weighted by molar-refractivity contribution is 0.178. The second-order valence-corrected chi connectivity index (χ2v) is 5.39. The van der Waals surface area contributed by atoms with E-state index in [1.807, 2.05) is 43.0 Å². The average molecular weight is 277 g/mol. The van der Waals surface area contributed by atoms with E-state index in [4.69, 9.17) is 0 Å². The summed E-state index contributed by atoms with van der Waals surface area (Å²) >= 11 is 0. The van der Waals surface area contributed by atoms with Crippen LogP contribution in [0.2, 0.25) is 0 Å². The molecule has 1 saturated heterocycles. The van der Waals surface area contributed by atoms with E-state index in [9.17, 15) is 9.90 Å². The number of nitrogens with zero attached hydrogens (tertiary/aromatic N) is 2. The monoisotopic (exact) mass is 277 g/mol. The average Bonchev–Trinajstić information content (AvgIpc) is 2.81. The molecule has 1 aliphatic rings. The molecule has 1 unspecified atom stereocenters. The maximum atomic E-state index is 12.3. The number of urea groups is 1. The standard InChI is InChI=1S/C15H23N3O2/c1-11(2)17-8-9-18(15(17)20)13-6-4-12(5-7-13)14(19)10-16-3/h4-7,11,14,16,19H,8-10H2,1-3H3. The number of amides is 2. The van der Waals surface area contributed by atoms with Gasteiger partial charge in [-0.2, -0.15) is 0 Å². The van der Waals surface area contributed by atoms with Gasteiger partial charge >= 0.3 is 6.03 Å². The van der Waals surface area contributed by atoms with Crippen LogP contribution < -0.4 is 10.2 Å². The van der Waals surface area contributed by atoms with E-state index < -0.39 is 6.10 Å². The molecule has 0 saturated carbocycles. The fourth-order valence-corrected chi connectivity index (χ4v) is 2.46. The molecule has 1 atom stereocenters. The van der Waals surface area contributed by atoms with Crippen LogP contribution in [0, 0.1) is 0 Å². The highest BCUT2D eigenvalue weighted by atomic mass is 16.3. The summed E-state index contributed by atoms with van der Waals surface area (Å²) in [4.78, 5) is 15.9. The number of anilines is 1. The first-order valence-electron chi connectivity index (χ1n) is 7.05. The van der Waals surface area contributed by atoms with Crippen LogP contribution >= 0.6 is 0 Å². The van der Waals surface area contributed by atoms with Gasteiger partial charge in [-0.3, -0.25) is 4.90 Å². The molecule has 0 radical (unpaired) electrons. The van der Waals surface area contributed by atoms with Gasteiger partial charge in [0.05, 0.1) is 6.10 Å². The number of aliphatic hydroxyl groups is 1.